The molecule has 0 aliphatic carbocycles. The number of nitrogens with two attached hydrogens (primary N) is 1. The molecule has 0 radical (unpaired) electrons. The van der Waals surface area contributed by atoms with Gasteiger partial charge in [-0.25, -0.2) is 17.6 Å². The van der Waals surface area contributed by atoms with Crippen LogP contribution >= 0.6 is 0 Å². The van der Waals surface area contributed by atoms with Crippen molar-refractivity contribution >= 4 is 21.6 Å². The Bertz CT molecular complexity index is 1080. The van der Waals surface area contributed by atoms with Crippen molar-refractivity contribution in [2.75, 3.05) is 0 Å². The normalized spacial score (nSPS) is 14.0. The second-order valence-electron chi connectivity index (χ2n) is 7.94. The standard InChI is InChI=1S/C20H23FN2O6S/c1-13-5-10-16(11-17(13)21)30(27,28)20(19(2,3)4,29-18(22)24)12-14-6-8-15(9-7-14)23(25)26/h5-11H,12H2,1-4H3,(H2,22,24). The molecule has 0 aliphatic rings. The quantitative estimate of drug-likeness (QED) is 0.538. The predicted octanol–water partition coefficient (Wildman–Crippen LogP) is 3.90. The minimum absolute atomic E-state index is 0.181. The van der Waals surface area contributed by atoms with E-state index in [1.807, 2.05) is 0 Å². The average Bonchev–Trinajstić information content (AvgIpc) is 2.62. The lowest BCUT2D eigenvalue weighted by molar-refractivity contribution is -0.384. The Hall–Kier alpha value is -3.01. The Balaban J connectivity index is 2.72. The Morgan fingerprint density at radius 1 is 1.17 bits per heavy atom. The van der Waals surface area contributed by atoms with Crippen LogP contribution in [-0.2, 0) is 21.0 Å². The van der Waals surface area contributed by atoms with E-state index in [2.05, 4.69) is 0 Å². The number of rotatable bonds is 6. The Labute approximate surface area is 173 Å². The molecule has 2 rings (SSSR count). The van der Waals surface area contributed by atoms with Gasteiger partial charge in [-0.05, 0) is 30.2 Å². The van der Waals surface area contributed by atoms with E-state index in [9.17, 15) is 27.7 Å². The number of amides is 1. The van der Waals surface area contributed by atoms with Crippen molar-refractivity contribution in [3.05, 3.63) is 69.5 Å². The molecule has 1 unspecified atom stereocenters. The lowest BCUT2D eigenvalue weighted by Crippen LogP contribution is -2.55. The first-order valence-corrected chi connectivity index (χ1v) is 10.4. The molecule has 0 saturated heterocycles. The zero-order valence-corrected chi connectivity index (χ0v) is 17.8. The predicted molar refractivity (Wildman–Crippen MR) is 108 cm³/mol. The van der Waals surface area contributed by atoms with Crippen LogP contribution in [-0.4, -0.2) is 24.4 Å². The minimum Gasteiger partial charge on any atom is -0.425 e. The second-order valence-corrected chi connectivity index (χ2v) is 10.1. The van der Waals surface area contributed by atoms with Crippen LogP contribution in [0.15, 0.2) is 47.4 Å². The van der Waals surface area contributed by atoms with E-state index >= 15 is 0 Å². The fraction of sp³-hybridized carbons (Fsp3) is 0.350. The van der Waals surface area contributed by atoms with Gasteiger partial charge in [0.1, 0.15) is 5.82 Å². The van der Waals surface area contributed by atoms with Gasteiger partial charge < -0.3 is 10.5 Å². The maximum absolute atomic E-state index is 14.1. The number of nitro benzene ring substituents is 1. The molecule has 0 fully saturated rings. The largest absolute Gasteiger partial charge is 0.425 e. The van der Waals surface area contributed by atoms with E-state index in [0.29, 0.717) is 5.56 Å². The first kappa shape index (κ1) is 23.3. The highest BCUT2D eigenvalue weighted by Crippen LogP contribution is 2.45. The lowest BCUT2D eigenvalue weighted by atomic mass is 9.84. The minimum atomic E-state index is -4.48. The summed E-state index contributed by atoms with van der Waals surface area (Å²) < 4.78 is 46.8. The molecule has 1 amide bonds. The number of hydrogen-bond acceptors (Lipinski definition) is 6. The molecule has 10 heteroatoms. The lowest BCUT2D eigenvalue weighted by Gasteiger charge is -2.42. The van der Waals surface area contributed by atoms with Crippen molar-refractivity contribution in [3.8, 4) is 0 Å². The van der Waals surface area contributed by atoms with Gasteiger partial charge in [0, 0.05) is 24.0 Å². The molecule has 0 spiro atoms. The third-order valence-electron chi connectivity index (χ3n) is 4.88. The first-order chi connectivity index (χ1) is 13.7. The molecule has 2 aromatic carbocycles. The van der Waals surface area contributed by atoms with Crippen LogP contribution in [0.4, 0.5) is 14.9 Å². The number of benzene rings is 2. The fourth-order valence-electron chi connectivity index (χ4n) is 3.11. The number of carbonyl (C=O) groups is 1. The van der Waals surface area contributed by atoms with Crippen molar-refractivity contribution in [1.82, 2.24) is 0 Å². The van der Waals surface area contributed by atoms with E-state index in [1.54, 1.807) is 20.8 Å². The van der Waals surface area contributed by atoms with Gasteiger partial charge in [0.15, 0.2) is 0 Å². The number of aryl methyl sites for hydroxylation is 1. The number of primary amides is 1. The summed E-state index contributed by atoms with van der Waals surface area (Å²) in [5.74, 6) is -0.728. The maximum Gasteiger partial charge on any atom is 0.406 e. The molecule has 2 N–H and O–H groups in total. The van der Waals surface area contributed by atoms with Crippen LogP contribution in [0.3, 0.4) is 0 Å². The maximum atomic E-state index is 14.1. The summed E-state index contributed by atoms with van der Waals surface area (Å²) in [4.78, 5) is 19.5. The van der Waals surface area contributed by atoms with Gasteiger partial charge in [-0.1, -0.05) is 39.0 Å². The summed E-state index contributed by atoms with van der Waals surface area (Å²) in [5, 5.41) is 10.9. The number of halogens is 1. The number of nitro groups is 1. The van der Waals surface area contributed by atoms with E-state index in [1.165, 1.54) is 43.3 Å². The fourth-order valence-corrected chi connectivity index (χ4v) is 5.35. The van der Waals surface area contributed by atoms with Crippen LogP contribution in [0.25, 0.3) is 0 Å². The van der Waals surface area contributed by atoms with Crippen molar-refractivity contribution < 1.29 is 27.3 Å². The van der Waals surface area contributed by atoms with Gasteiger partial charge in [0.25, 0.3) is 5.69 Å². The number of ether oxygens (including phenoxy) is 1. The Morgan fingerprint density at radius 3 is 2.17 bits per heavy atom. The highest BCUT2D eigenvalue weighted by Gasteiger charge is 2.57. The summed E-state index contributed by atoms with van der Waals surface area (Å²) in [6.45, 7) is 6.12. The molecular weight excluding hydrogens is 415 g/mol. The highest BCUT2D eigenvalue weighted by molar-refractivity contribution is 7.92. The van der Waals surface area contributed by atoms with E-state index < -0.39 is 37.0 Å². The van der Waals surface area contributed by atoms with Gasteiger partial charge in [-0.2, -0.15) is 0 Å². The van der Waals surface area contributed by atoms with Crippen molar-refractivity contribution in [1.29, 1.82) is 0 Å². The zero-order chi connectivity index (χ0) is 22.9. The zero-order valence-electron chi connectivity index (χ0n) is 17.0. The topological polar surface area (TPSA) is 130 Å². The summed E-state index contributed by atoms with van der Waals surface area (Å²) in [6.07, 6.45) is -1.67. The van der Waals surface area contributed by atoms with Gasteiger partial charge in [0.05, 0.1) is 9.82 Å². The van der Waals surface area contributed by atoms with Crippen LogP contribution in [0.5, 0.6) is 0 Å². The molecule has 1 atom stereocenters. The van der Waals surface area contributed by atoms with Gasteiger partial charge in [-0.3, -0.25) is 10.1 Å². The third kappa shape index (κ3) is 4.28. The first-order valence-electron chi connectivity index (χ1n) is 8.94. The average molecular weight is 438 g/mol. The highest BCUT2D eigenvalue weighted by atomic mass is 32.2. The SMILES string of the molecule is Cc1ccc(S(=O)(=O)C(Cc2ccc([N+](=O)[O-])cc2)(OC(N)=O)C(C)(C)C)cc1F. The summed E-state index contributed by atoms with van der Waals surface area (Å²) in [7, 11) is -4.48. The van der Waals surface area contributed by atoms with Crippen LogP contribution in [0.1, 0.15) is 31.9 Å². The molecule has 0 saturated carbocycles. The molecule has 0 aliphatic heterocycles. The van der Waals surface area contributed by atoms with Gasteiger partial charge >= 0.3 is 6.09 Å². The van der Waals surface area contributed by atoms with E-state index in [-0.39, 0.29) is 22.6 Å². The van der Waals surface area contributed by atoms with Gasteiger partial charge in [-0.15, -0.1) is 0 Å². The van der Waals surface area contributed by atoms with Crippen molar-refractivity contribution in [3.63, 3.8) is 0 Å². The molecule has 0 heterocycles. The molecule has 2 aromatic rings. The smallest absolute Gasteiger partial charge is 0.406 e. The molecular formula is C20H23FN2O6S. The monoisotopic (exact) mass is 438 g/mol. The second kappa shape index (κ2) is 8.02. The molecule has 0 aromatic heterocycles. The number of sulfone groups is 1. The summed E-state index contributed by atoms with van der Waals surface area (Å²) in [6, 6.07) is 8.57. The van der Waals surface area contributed by atoms with Crippen LogP contribution in [0, 0.1) is 28.3 Å². The summed E-state index contributed by atoms with van der Waals surface area (Å²) in [5.41, 5.74) is 4.45. The number of nitrogens with zero attached hydrogens (tertiary/aromatic N) is 1. The molecule has 8 nitrogen and oxygen atoms in total. The Morgan fingerprint density at radius 2 is 1.73 bits per heavy atom. The van der Waals surface area contributed by atoms with E-state index in [4.69, 9.17) is 10.5 Å². The van der Waals surface area contributed by atoms with Gasteiger partial charge in [0.2, 0.25) is 14.8 Å². The van der Waals surface area contributed by atoms with Crippen molar-refractivity contribution in [2.24, 2.45) is 11.1 Å². The number of hydrogen-bond donors (Lipinski definition) is 1. The number of non-ortho nitro benzene ring substituents is 1. The van der Waals surface area contributed by atoms with Crippen molar-refractivity contribution in [2.45, 2.75) is 43.9 Å². The van der Waals surface area contributed by atoms with Crippen LogP contribution in [0.2, 0.25) is 0 Å². The van der Waals surface area contributed by atoms with Crippen LogP contribution < -0.4 is 5.73 Å². The number of carbonyl (C=O) groups excluding carboxylic acids is 1. The third-order valence-corrected chi connectivity index (χ3v) is 7.46. The Kier molecular flexibility index (Phi) is 6.22. The summed E-state index contributed by atoms with van der Waals surface area (Å²) >= 11 is 0. The molecule has 30 heavy (non-hydrogen) atoms. The molecule has 0 bridgehead atoms. The van der Waals surface area contributed by atoms with E-state index in [0.717, 1.165) is 6.07 Å². The molecule has 162 valence electrons.